The zero-order chi connectivity index (χ0) is 15.3. The van der Waals surface area contributed by atoms with Crippen LogP contribution in [0.2, 0.25) is 0 Å². The maximum atomic E-state index is 10.9. The standard InChI is InChI=1S/C13H24O7/c1-3-4-5-6-7(2)19-13-10(16)8(14)9(15)11(20-13)12(17)18/h7-11,13-16H,3-6H2,1-2H3,(H,17,18). The number of carboxylic acid groups (broad SMARTS) is 1. The van der Waals surface area contributed by atoms with Crippen molar-refractivity contribution in [3.05, 3.63) is 0 Å². The predicted molar refractivity (Wildman–Crippen MR) is 69.0 cm³/mol. The second kappa shape index (κ2) is 7.90. The second-order valence-corrected chi connectivity index (χ2v) is 5.18. The smallest absolute Gasteiger partial charge is 0.335 e. The van der Waals surface area contributed by atoms with Crippen molar-refractivity contribution in [2.75, 3.05) is 0 Å². The van der Waals surface area contributed by atoms with E-state index in [4.69, 9.17) is 14.6 Å². The fraction of sp³-hybridized carbons (Fsp3) is 0.923. The summed E-state index contributed by atoms with van der Waals surface area (Å²) in [7, 11) is 0. The van der Waals surface area contributed by atoms with Crippen LogP contribution in [0.4, 0.5) is 0 Å². The SMILES string of the molecule is CCCCCC(C)OC1OC(C(=O)O)C(O)C(O)C1O. The lowest BCUT2D eigenvalue weighted by atomic mass is 9.99. The van der Waals surface area contributed by atoms with Crippen molar-refractivity contribution in [3.63, 3.8) is 0 Å². The van der Waals surface area contributed by atoms with Crippen molar-refractivity contribution in [1.29, 1.82) is 0 Å². The lowest BCUT2D eigenvalue weighted by molar-refractivity contribution is -0.303. The van der Waals surface area contributed by atoms with Gasteiger partial charge in [0, 0.05) is 0 Å². The third kappa shape index (κ3) is 4.39. The van der Waals surface area contributed by atoms with Gasteiger partial charge in [-0.2, -0.15) is 0 Å². The molecule has 0 aromatic carbocycles. The van der Waals surface area contributed by atoms with Gasteiger partial charge in [-0.3, -0.25) is 0 Å². The lowest BCUT2D eigenvalue weighted by Crippen LogP contribution is -2.60. The summed E-state index contributed by atoms with van der Waals surface area (Å²) in [5.74, 6) is -1.41. The zero-order valence-corrected chi connectivity index (χ0v) is 11.8. The van der Waals surface area contributed by atoms with E-state index in [0.29, 0.717) is 0 Å². The molecule has 0 aromatic heterocycles. The van der Waals surface area contributed by atoms with E-state index in [-0.39, 0.29) is 6.10 Å². The minimum atomic E-state index is -1.68. The molecular weight excluding hydrogens is 268 g/mol. The molecule has 7 nitrogen and oxygen atoms in total. The highest BCUT2D eigenvalue weighted by Gasteiger charge is 2.47. The average molecular weight is 292 g/mol. The van der Waals surface area contributed by atoms with Crippen LogP contribution < -0.4 is 0 Å². The van der Waals surface area contributed by atoms with Crippen LogP contribution in [0.5, 0.6) is 0 Å². The molecule has 118 valence electrons. The van der Waals surface area contributed by atoms with E-state index in [1.54, 1.807) is 6.92 Å². The number of carbonyl (C=O) groups is 1. The van der Waals surface area contributed by atoms with E-state index >= 15 is 0 Å². The maximum absolute atomic E-state index is 10.9. The van der Waals surface area contributed by atoms with E-state index in [2.05, 4.69) is 6.92 Å². The Hall–Kier alpha value is -0.730. The summed E-state index contributed by atoms with van der Waals surface area (Å²) in [4.78, 5) is 10.9. The number of unbranched alkanes of at least 4 members (excludes halogenated alkanes) is 2. The van der Waals surface area contributed by atoms with Crippen LogP contribution in [0.1, 0.15) is 39.5 Å². The first-order valence-corrected chi connectivity index (χ1v) is 6.96. The number of aliphatic carboxylic acids is 1. The summed E-state index contributed by atoms with van der Waals surface area (Å²) in [5, 5.41) is 37.9. The highest BCUT2D eigenvalue weighted by Crippen LogP contribution is 2.24. The molecule has 6 unspecified atom stereocenters. The fourth-order valence-corrected chi connectivity index (χ4v) is 2.14. The topological polar surface area (TPSA) is 116 Å². The van der Waals surface area contributed by atoms with Crippen LogP contribution in [-0.2, 0) is 14.3 Å². The molecule has 0 amide bonds. The van der Waals surface area contributed by atoms with Gasteiger partial charge in [0.25, 0.3) is 0 Å². The van der Waals surface area contributed by atoms with Gasteiger partial charge in [0.05, 0.1) is 6.10 Å². The third-order valence-corrected chi connectivity index (χ3v) is 3.39. The van der Waals surface area contributed by atoms with Gasteiger partial charge < -0.3 is 29.9 Å². The summed E-state index contributed by atoms with van der Waals surface area (Å²) in [6.07, 6.45) is -4.05. The first-order valence-electron chi connectivity index (χ1n) is 6.96. The number of aliphatic hydroxyl groups excluding tert-OH is 3. The Labute approximate surface area is 118 Å². The van der Waals surface area contributed by atoms with Crippen molar-refractivity contribution < 1.29 is 34.7 Å². The van der Waals surface area contributed by atoms with Crippen LogP contribution in [0.3, 0.4) is 0 Å². The van der Waals surface area contributed by atoms with Crippen LogP contribution in [0.25, 0.3) is 0 Å². The van der Waals surface area contributed by atoms with Crippen LogP contribution >= 0.6 is 0 Å². The van der Waals surface area contributed by atoms with E-state index in [1.165, 1.54) is 0 Å². The minimum Gasteiger partial charge on any atom is -0.479 e. The van der Waals surface area contributed by atoms with Crippen molar-refractivity contribution in [1.82, 2.24) is 0 Å². The van der Waals surface area contributed by atoms with E-state index in [0.717, 1.165) is 25.7 Å². The summed E-state index contributed by atoms with van der Waals surface area (Å²) >= 11 is 0. The molecule has 0 saturated carbocycles. The average Bonchev–Trinajstić information content (AvgIpc) is 2.39. The molecule has 0 radical (unpaired) electrons. The van der Waals surface area contributed by atoms with Crippen LogP contribution in [0.15, 0.2) is 0 Å². The van der Waals surface area contributed by atoms with E-state index in [1.807, 2.05) is 0 Å². The van der Waals surface area contributed by atoms with Crippen molar-refractivity contribution in [3.8, 4) is 0 Å². The largest absolute Gasteiger partial charge is 0.479 e. The molecular formula is C13H24O7. The van der Waals surface area contributed by atoms with Crippen LogP contribution in [0, 0.1) is 0 Å². The summed E-state index contributed by atoms with van der Waals surface area (Å²) in [6, 6.07) is 0. The number of hydrogen-bond acceptors (Lipinski definition) is 6. The molecule has 1 heterocycles. The van der Waals surface area contributed by atoms with Gasteiger partial charge in [0.15, 0.2) is 12.4 Å². The normalized spacial score (nSPS) is 35.8. The van der Waals surface area contributed by atoms with E-state index < -0.39 is 36.7 Å². The Morgan fingerprint density at radius 2 is 1.85 bits per heavy atom. The molecule has 0 bridgehead atoms. The fourth-order valence-electron chi connectivity index (χ4n) is 2.14. The van der Waals surface area contributed by atoms with Gasteiger partial charge in [-0.15, -0.1) is 0 Å². The summed E-state index contributed by atoms with van der Waals surface area (Å²) < 4.78 is 10.5. The molecule has 0 spiro atoms. The molecule has 1 saturated heterocycles. The molecule has 20 heavy (non-hydrogen) atoms. The molecule has 7 heteroatoms. The first-order chi connectivity index (χ1) is 9.38. The Balaban J connectivity index is 2.57. The second-order valence-electron chi connectivity index (χ2n) is 5.18. The number of rotatable bonds is 7. The molecule has 0 aliphatic carbocycles. The monoisotopic (exact) mass is 292 g/mol. The summed E-state index contributed by atoms with van der Waals surface area (Å²) in [6.45, 7) is 3.87. The highest BCUT2D eigenvalue weighted by molar-refractivity contribution is 5.73. The molecule has 6 atom stereocenters. The van der Waals surface area contributed by atoms with Crippen molar-refractivity contribution in [2.24, 2.45) is 0 Å². The maximum Gasteiger partial charge on any atom is 0.335 e. The molecule has 4 N–H and O–H groups in total. The van der Waals surface area contributed by atoms with Gasteiger partial charge in [-0.05, 0) is 13.3 Å². The summed E-state index contributed by atoms with van der Waals surface area (Å²) in [5.41, 5.74) is 0. The highest BCUT2D eigenvalue weighted by atomic mass is 16.7. The Morgan fingerprint density at radius 1 is 1.20 bits per heavy atom. The first kappa shape index (κ1) is 17.3. The Bertz CT molecular complexity index is 309. The number of hydrogen-bond donors (Lipinski definition) is 4. The predicted octanol–water partition coefficient (Wildman–Crippen LogP) is -0.136. The van der Waals surface area contributed by atoms with Gasteiger partial charge in [-0.1, -0.05) is 26.2 Å². The number of ether oxygens (including phenoxy) is 2. The molecule has 0 aromatic rings. The molecule has 1 aliphatic rings. The number of aliphatic hydroxyl groups is 3. The number of carboxylic acids is 1. The van der Waals surface area contributed by atoms with Gasteiger partial charge in [0.2, 0.25) is 0 Å². The minimum absolute atomic E-state index is 0.238. The van der Waals surface area contributed by atoms with Gasteiger partial charge in [0.1, 0.15) is 18.3 Å². The quantitative estimate of drug-likeness (QED) is 0.483. The third-order valence-electron chi connectivity index (χ3n) is 3.39. The van der Waals surface area contributed by atoms with Crippen LogP contribution in [-0.4, -0.2) is 63.2 Å². The van der Waals surface area contributed by atoms with Gasteiger partial charge in [-0.25, -0.2) is 4.79 Å². The Kier molecular flexibility index (Phi) is 6.84. The van der Waals surface area contributed by atoms with Crippen molar-refractivity contribution in [2.45, 2.75) is 76.3 Å². The molecule has 1 rings (SSSR count). The zero-order valence-electron chi connectivity index (χ0n) is 11.8. The Morgan fingerprint density at radius 3 is 2.40 bits per heavy atom. The van der Waals surface area contributed by atoms with Gasteiger partial charge >= 0.3 is 5.97 Å². The molecule has 1 aliphatic heterocycles. The molecule has 1 fully saturated rings. The van der Waals surface area contributed by atoms with E-state index in [9.17, 15) is 20.1 Å². The van der Waals surface area contributed by atoms with Crippen molar-refractivity contribution >= 4 is 5.97 Å². The lowest BCUT2D eigenvalue weighted by Gasteiger charge is -2.39.